The minimum atomic E-state index is -0.704. The second kappa shape index (κ2) is 9.74. The van der Waals surface area contributed by atoms with Gasteiger partial charge in [-0.3, -0.25) is 4.98 Å². The zero-order chi connectivity index (χ0) is 29.3. The number of methoxy groups -OCH3 is 2. The van der Waals surface area contributed by atoms with Gasteiger partial charge >= 0.3 is 0 Å². The molecule has 6 rings (SSSR count). The third-order valence-electron chi connectivity index (χ3n) is 8.24. The van der Waals surface area contributed by atoms with Crippen LogP contribution >= 0.6 is 0 Å². The van der Waals surface area contributed by atoms with E-state index in [4.69, 9.17) is 38.4 Å². The van der Waals surface area contributed by atoms with Gasteiger partial charge in [-0.05, 0) is 67.7 Å². The highest BCUT2D eigenvalue weighted by Crippen LogP contribution is 2.48. The first kappa shape index (κ1) is 27.5. The molecule has 8 nitrogen and oxygen atoms in total. The highest BCUT2D eigenvalue weighted by Gasteiger charge is 2.38. The molecule has 41 heavy (non-hydrogen) atoms. The number of hydrogen-bond acceptors (Lipinski definition) is 8. The van der Waals surface area contributed by atoms with Crippen LogP contribution in [0, 0.1) is 20.8 Å². The number of benzene rings is 1. The lowest BCUT2D eigenvalue weighted by Crippen LogP contribution is -2.37. The Hall–Kier alpha value is -3.62. The molecule has 0 saturated heterocycles. The van der Waals surface area contributed by atoms with Crippen molar-refractivity contribution in [2.75, 3.05) is 14.2 Å². The molecule has 2 aliphatic heterocycles. The molecule has 2 aromatic heterocycles. The normalized spacial score (nSPS) is 20.0. The van der Waals surface area contributed by atoms with E-state index >= 15 is 0 Å². The van der Waals surface area contributed by atoms with E-state index in [9.17, 15) is 0 Å². The van der Waals surface area contributed by atoms with Crippen LogP contribution in [0.3, 0.4) is 0 Å². The quantitative estimate of drug-likeness (QED) is 0.355. The van der Waals surface area contributed by atoms with Crippen molar-refractivity contribution in [3.8, 4) is 23.0 Å². The summed E-state index contributed by atoms with van der Waals surface area (Å²) in [6.45, 7) is 14.8. The van der Waals surface area contributed by atoms with Crippen LogP contribution in [0.25, 0.3) is 11.6 Å². The van der Waals surface area contributed by atoms with Gasteiger partial charge in [0.25, 0.3) is 0 Å². The molecule has 216 valence electrons. The van der Waals surface area contributed by atoms with E-state index in [0.717, 1.165) is 67.7 Å². The molecular formula is C33H38N2O6. The van der Waals surface area contributed by atoms with E-state index in [1.165, 1.54) is 0 Å². The van der Waals surface area contributed by atoms with Gasteiger partial charge in [-0.25, -0.2) is 4.98 Å². The molecule has 0 spiro atoms. The Bertz CT molecular complexity index is 1590. The van der Waals surface area contributed by atoms with E-state index in [0.29, 0.717) is 31.1 Å². The van der Waals surface area contributed by atoms with Gasteiger partial charge in [0.15, 0.2) is 11.5 Å². The predicted molar refractivity (Wildman–Crippen MR) is 156 cm³/mol. The van der Waals surface area contributed by atoms with Crippen LogP contribution in [-0.2, 0) is 29.1 Å². The minimum absolute atomic E-state index is 0.0666. The van der Waals surface area contributed by atoms with Crippen molar-refractivity contribution in [2.45, 2.75) is 85.6 Å². The monoisotopic (exact) mass is 558 g/mol. The van der Waals surface area contributed by atoms with Gasteiger partial charge in [-0.1, -0.05) is 6.07 Å². The Morgan fingerprint density at radius 2 is 1.39 bits per heavy atom. The highest BCUT2D eigenvalue weighted by atomic mass is 16.7. The molecule has 4 heterocycles. The van der Waals surface area contributed by atoms with Gasteiger partial charge in [-0.2, -0.15) is 0 Å². The van der Waals surface area contributed by atoms with Crippen LogP contribution in [0.2, 0.25) is 0 Å². The van der Waals surface area contributed by atoms with E-state index in [1.807, 2.05) is 53.7 Å². The standard InChI is InChI=1S/C33H38N2O6/c1-17-24-15-38-32(4,5)40-30(24)19(3)35-29(17)23-13-22-25-16-39-33(6,7)41-31(25)18(2)34-26(22)14-21(23)20-10-11-27(36-8)28(12-20)37-9/h10-12,14,23H,13,15-16H2,1-9H3. The first-order chi connectivity index (χ1) is 19.4. The van der Waals surface area contributed by atoms with Crippen molar-refractivity contribution in [2.24, 2.45) is 0 Å². The summed E-state index contributed by atoms with van der Waals surface area (Å²) in [5, 5.41) is 0. The fourth-order valence-electron chi connectivity index (χ4n) is 6.10. The fraction of sp³-hybridized carbons (Fsp3) is 0.455. The molecule has 1 unspecified atom stereocenters. The Morgan fingerprint density at radius 1 is 0.780 bits per heavy atom. The zero-order valence-electron chi connectivity index (χ0n) is 25.4. The number of allylic oxidation sites excluding steroid dienone is 1. The number of aryl methyl sites for hydroxylation is 2. The van der Waals surface area contributed by atoms with E-state index in [-0.39, 0.29) is 5.92 Å². The Labute approximate surface area is 241 Å². The van der Waals surface area contributed by atoms with Gasteiger partial charge in [-0.15, -0.1) is 0 Å². The minimum Gasteiger partial charge on any atom is -0.493 e. The topological polar surface area (TPSA) is 81.2 Å². The lowest BCUT2D eigenvalue weighted by molar-refractivity contribution is -0.181. The summed E-state index contributed by atoms with van der Waals surface area (Å²) in [7, 11) is 3.30. The molecule has 0 fully saturated rings. The number of hydrogen-bond donors (Lipinski definition) is 0. The number of ether oxygens (including phenoxy) is 6. The van der Waals surface area contributed by atoms with E-state index < -0.39 is 11.6 Å². The van der Waals surface area contributed by atoms with Gasteiger partial charge < -0.3 is 28.4 Å². The molecule has 0 amide bonds. The van der Waals surface area contributed by atoms with Crippen molar-refractivity contribution in [3.05, 3.63) is 68.8 Å². The SMILES string of the molecule is COc1ccc(C2=Cc3nc(C)c4c(c3CC2c2nc(C)c3c(c2C)COC(C)(C)O3)COC(C)(C)O4)cc1OC. The van der Waals surface area contributed by atoms with E-state index in [1.54, 1.807) is 14.2 Å². The molecule has 1 aliphatic carbocycles. The molecule has 0 radical (unpaired) electrons. The summed E-state index contributed by atoms with van der Waals surface area (Å²) >= 11 is 0. The average Bonchev–Trinajstić information content (AvgIpc) is 2.93. The van der Waals surface area contributed by atoms with Gasteiger partial charge in [0.05, 0.1) is 50.2 Å². The predicted octanol–water partition coefficient (Wildman–Crippen LogP) is 6.59. The van der Waals surface area contributed by atoms with Crippen LogP contribution in [-0.4, -0.2) is 35.8 Å². The van der Waals surface area contributed by atoms with Crippen LogP contribution in [0.1, 0.15) is 84.2 Å². The molecule has 1 atom stereocenters. The van der Waals surface area contributed by atoms with Crippen LogP contribution < -0.4 is 18.9 Å². The van der Waals surface area contributed by atoms with Crippen LogP contribution in [0.5, 0.6) is 23.0 Å². The maximum Gasteiger partial charge on any atom is 0.205 e. The van der Waals surface area contributed by atoms with Crippen molar-refractivity contribution in [1.82, 2.24) is 9.97 Å². The van der Waals surface area contributed by atoms with Crippen molar-refractivity contribution >= 4 is 11.6 Å². The summed E-state index contributed by atoms with van der Waals surface area (Å²) in [6, 6.07) is 6.04. The van der Waals surface area contributed by atoms with Gasteiger partial charge in [0.1, 0.15) is 11.5 Å². The Morgan fingerprint density at radius 3 is 2.05 bits per heavy atom. The first-order valence-corrected chi connectivity index (χ1v) is 14.0. The molecule has 3 aromatic rings. The van der Waals surface area contributed by atoms with Crippen LogP contribution in [0.15, 0.2) is 18.2 Å². The number of aromatic nitrogens is 2. The average molecular weight is 559 g/mol. The van der Waals surface area contributed by atoms with E-state index in [2.05, 4.69) is 19.1 Å². The third kappa shape index (κ3) is 4.73. The Kier molecular flexibility index (Phi) is 6.54. The molecule has 8 heteroatoms. The summed E-state index contributed by atoms with van der Waals surface area (Å²) in [6.07, 6.45) is 2.88. The summed E-state index contributed by atoms with van der Waals surface area (Å²) < 4.78 is 35.9. The number of pyridine rings is 2. The molecule has 0 N–H and O–H groups in total. The second-order valence-corrected chi connectivity index (χ2v) is 11.9. The lowest BCUT2D eigenvalue weighted by Gasteiger charge is -2.37. The molecule has 0 saturated carbocycles. The maximum absolute atomic E-state index is 6.28. The summed E-state index contributed by atoms with van der Waals surface area (Å²) in [5.74, 6) is 1.52. The summed E-state index contributed by atoms with van der Waals surface area (Å²) in [5.41, 5.74) is 10.1. The lowest BCUT2D eigenvalue weighted by atomic mass is 9.77. The number of nitrogens with zero attached hydrogens (tertiary/aromatic N) is 2. The van der Waals surface area contributed by atoms with Crippen LogP contribution in [0.4, 0.5) is 0 Å². The molecular weight excluding hydrogens is 520 g/mol. The summed E-state index contributed by atoms with van der Waals surface area (Å²) in [4.78, 5) is 10.2. The number of fused-ring (bicyclic) bond motifs is 4. The molecule has 1 aromatic carbocycles. The second-order valence-electron chi connectivity index (χ2n) is 11.9. The van der Waals surface area contributed by atoms with Gasteiger partial charge in [0.2, 0.25) is 11.6 Å². The third-order valence-corrected chi connectivity index (χ3v) is 8.24. The first-order valence-electron chi connectivity index (χ1n) is 14.0. The Balaban J connectivity index is 1.56. The number of rotatable bonds is 4. The highest BCUT2D eigenvalue weighted by molar-refractivity contribution is 5.89. The molecule has 0 bridgehead atoms. The fourth-order valence-corrected chi connectivity index (χ4v) is 6.10. The smallest absolute Gasteiger partial charge is 0.205 e. The van der Waals surface area contributed by atoms with Gasteiger partial charge in [0, 0.05) is 44.7 Å². The largest absolute Gasteiger partial charge is 0.493 e. The van der Waals surface area contributed by atoms with Crippen molar-refractivity contribution in [3.63, 3.8) is 0 Å². The maximum atomic E-state index is 6.28. The van der Waals surface area contributed by atoms with Crippen molar-refractivity contribution < 1.29 is 28.4 Å². The zero-order valence-corrected chi connectivity index (χ0v) is 25.4. The van der Waals surface area contributed by atoms with Crippen molar-refractivity contribution in [1.29, 1.82) is 0 Å². The molecule has 3 aliphatic rings.